The molecule has 3 heterocycles. The Kier molecular flexibility index (Phi) is 10.0. The molecule has 1 aromatic rings. The van der Waals surface area contributed by atoms with Crippen molar-refractivity contribution in [3.63, 3.8) is 0 Å². The highest BCUT2D eigenvalue weighted by atomic mass is 32.2. The summed E-state index contributed by atoms with van der Waals surface area (Å²) in [7, 11) is 0. The van der Waals surface area contributed by atoms with Gasteiger partial charge in [0.25, 0.3) is 5.91 Å². The Balaban J connectivity index is 1.09. The molecule has 2 N–H and O–H groups in total. The molecule has 3 amide bonds. The molecule has 7 nitrogen and oxygen atoms in total. The molecular weight excluding hydrogens is 460 g/mol. The lowest BCUT2D eigenvalue weighted by atomic mass is 10.0. The van der Waals surface area contributed by atoms with Crippen LogP contribution in [0.25, 0.3) is 0 Å². The Morgan fingerprint density at radius 2 is 1.63 bits per heavy atom. The third kappa shape index (κ3) is 7.30. The van der Waals surface area contributed by atoms with Crippen LogP contribution in [0, 0.1) is 0 Å². The van der Waals surface area contributed by atoms with E-state index >= 15 is 0 Å². The topological polar surface area (TPSA) is 81.8 Å². The molecule has 0 aromatic heterocycles. The van der Waals surface area contributed by atoms with Crippen molar-refractivity contribution < 1.29 is 14.4 Å². The van der Waals surface area contributed by atoms with E-state index in [0.29, 0.717) is 18.5 Å². The molecule has 8 heteroatoms. The maximum Gasteiger partial charge on any atom is 0.255 e. The number of hydrogen-bond acceptors (Lipinski definition) is 6. The molecule has 1 aromatic carbocycles. The van der Waals surface area contributed by atoms with Gasteiger partial charge in [0.2, 0.25) is 11.8 Å². The third-order valence-electron chi connectivity index (χ3n) is 7.37. The Hall–Kier alpha value is -1.90. The number of piperidine rings is 1. The Bertz CT molecular complexity index is 887. The van der Waals surface area contributed by atoms with Gasteiger partial charge in [0.05, 0.1) is 0 Å². The number of piperazine rings is 1. The van der Waals surface area contributed by atoms with Crippen LogP contribution in [0.5, 0.6) is 0 Å². The van der Waals surface area contributed by atoms with Crippen LogP contribution in [0.3, 0.4) is 0 Å². The number of hydrogen-bond donors (Lipinski definition) is 2. The van der Waals surface area contributed by atoms with E-state index < -0.39 is 6.04 Å². The average molecular weight is 501 g/mol. The lowest BCUT2D eigenvalue weighted by molar-refractivity contribution is -0.136. The number of carbonyl (C=O) groups excluding carboxylic acids is 3. The maximum absolute atomic E-state index is 12.9. The van der Waals surface area contributed by atoms with E-state index in [0.717, 1.165) is 29.3 Å². The fraction of sp³-hybridized carbons (Fsp3) is 0.667. The van der Waals surface area contributed by atoms with E-state index in [4.69, 9.17) is 0 Å². The van der Waals surface area contributed by atoms with Gasteiger partial charge in [-0.1, -0.05) is 44.6 Å². The van der Waals surface area contributed by atoms with Crippen LogP contribution in [0.1, 0.15) is 80.1 Å². The second-order valence-electron chi connectivity index (χ2n) is 9.95. The second kappa shape index (κ2) is 13.4. The lowest BCUT2D eigenvalue weighted by Crippen LogP contribution is -2.52. The number of thioether (sulfide) groups is 1. The van der Waals surface area contributed by atoms with E-state index in [-0.39, 0.29) is 24.1 Å². The van der Waals surface area contributed by atoms with Crippen molar-refractivity contribution in [1.29, 1.82) is 0 Å². The molecule has 0 spiro atoms. The number of nitrogens with zero attached hydrogens (tertiary/aromatic N) is 2. The van der Waals surface area contributed by atoms with Gasteiger partial charge in [-0.25, -0.2) is 0 Å². The number of fused-ring (bicyclic) bond motifs is 1. The second-order valence-corrected chi connectivity index (χ2v) is 11.1. The number of rotatable bonds is 13. The van der Waals surface area contributed by atoms with Crippen molar-refractivity contribution in [3.8, 4) is 0 Å². The predicted molar refractivity (Wildman–Crippen MR) is 139 cm³/mol. The Morgan fingerprint density at radius 3 is 2.37 bits per heavy atom. The van der Waals surface area contributed by atoms with Crippen LogP contribution in [0.15, 0.2) is 23.1 Å². The zero-order valence-electron chi connectivity index (χ0n) is 20.9. The van der Waals surface area contributed by atoms with Crippen molar-refractivity contribution >= 4 is 29.5 Å². The zero-order valence-corrected chi connectivity index (χ0v) is 21.7. The zero-order chi connectivity index (χ0) is 24.5. The molecular formula is C27H40N4O3S. The fourth-order valence-electron chi connectivity index (χ4n) is 5.31. The molecule has 35 heavy (non-hydrogen) atoms. The summed E-state index contributed by atoms with van der Waals surface area (Å²) in [5, 5.41) is 5.78. The van der Waals surface area contributed by atoms with Crippen molar-refractivity contribution in [2.45, 2.75) is 81.7 Å². The van der Waals surface area contributed by atoms with Crippen LogP contribution >= 0.6 is 11.8 Å². The molecule has 192 valence electrons. The Labute approximate surface area is 213 Å². The van der Waals surface area contributed by atoms with E-state index in [9.17, 15) is 14.4 Å². The molecule has 1 atom stereocenters. The van der Waals surface area contributed by atoms with Gasteiger partial charge < -0.3 is 15.1 Å². The standard InChI is InChI=1S/C27H40N4O3S/c32-25-13-12-23(26(33)29-25)31-20-22-21(27(31)34)10-9-11-24(22)35-19-8-6-4-2-1-3-5-7-16-30-17-14-28-15-18-30/h9-11,23,28H,1-8,12-20H2,(H,29,32,33). The normalized spacial score (nSPS) is 20.9. The van der Waals surface area contributed by atoms with Crippen LogP contribution in [0.2, 0.25) is 0 Å². The summed E-state index contributed by atoms with van der Waals surface area (Å²) in [6.45, 7) is 6.42. The highest BCUT2D eigenvalue weighted by Gasteiger charge is 2.39. The molecule has 2 saturated heterocycles. The smallest absolute Gasteiger partial charge is 0.255 e. The van der Waals surface area contributed by atoms with Gasteiger partial charge >= 0.3 is 0 Å². The van der Waals surface area contributed by atoms with Crippen molar-refractivity contribution in [1.82, 2.24) is 20.4 Å². The van der Waals surface area contributed by atoms with Gasteiger partial charge in [0, 0.05) is 49.6 Å². The predicted octanol–water partition coefficient (Wildman–Crippen LogP) is 3.57. The van der Waals surface area contributed by atoms with Gasteiger partial charge in [-0.15, -0.1) is 11.8 Å². The summed E-state index contributed by atoms with van der Waals surface area (Å²) in [5.74, 6) is 0.354. The monoisotopic (exact) mass is 500 g/mol. The van der Waals surface area contributed by atoms with Crippen molar-refractivity contribution in [2.75, 3.05) is 38.5 Å². The first kappa shape index (κ1) is 26.2. The quantitative estimate of drug-likeness (QED) is 0.245. The van der Waals surface area contributed by atoms with Crippen LogP contribution < -0.4 is 10.6 Å². The van der Waals surface area contributed by atoms with Gasteiger partial charge in [0.1, 0.15) is 6.04 Å². The summed E-state index contributed by atoms with van der Waals surface area (Å²) in [6.07, 6.45) is 11.1. The van der Waals surface area contributed by atoms with E-state index in [1.807, 2.05) is 23.9 Å². The molecule has 3 aliphatic heterocycles. The summed E-state index contributed by atoms with van der Waals surface area (Å²) < 4.78 is 0. The fourth-order valence-corrected chi connectivity index (χ4v) is 6.40. The molecule has 4 rings (SSSR count). The van der Waals surface area contributed by atoms with Crippen LogP contribution in [-0.4, -0.2) is 72.0 Å². The minimum Gasteiger partial charge on any atom is -0.322 e. The number of imide groups is 1. The van der Waals surface area contributed by atoms with E-state index in [1.165, 1.54) is 71.0 Å². The van der Waals surface area contributed by atoms with Gasteiger partial charge in [-0.05, 0) is 49.3 Å². The maximum atomic E-state index is 12.9. The van der Waals surface area contributed by atoms with Crippen LogP contribution in [0.4, 0.5) is 0 Å². The first-order valence-corrected chi connectivity index (χ1v) is 14.4. The minimum absolute atomic E-state index is 0.0927. The highest BCUT2D eigenvalue weighted by Crippen LogP contribution is 2.34. The molecule has 2 fully saturated rings. The largest absolute Gasteiger partial charge is 0.322 e. The lowest BCUT2D eigenvalue weighted by Gasteiger charge is -2.29. The summed E-state index contributed by atoms with van der Waals surface area (Å²) in [4.78, 5) is 42.1. The molecule has 0 saturated carbocycles. The van der Waals surface area contributed by atoms with Crippen molar-refractivity contribution in [3.05, 3.63) is 29.3 Å². The average Bonchev–Trinajstić information content (AvgIpc) is 3.20. The number of benzene rings is 1. The highest BCUT2D eigenvalue weighted by molar-refractivity contribution is 7.99. The number of unbranched alkanes of at least 4 members (excludes halogenated alkanes) is 7. The SMILES string of the molecule is O=C1CCC(N2Cc3c(SCCCCCCCCCCN4CCNCC4)cccc3C2=O)C(=O)N1. The minimum atomic E-state index is -0.549. The summed E-state index contributed by atoms with van der Waals surface area (Å²) in [5.41, 5.74) is 1.74. The van der Waals surface area contributed by atoms with Gasteiger partial charge in [0.15, 0.2) is 0 Å². The molecule has 0 aliphatic carbocycles. The van der Waals surface area contributed by atoms with E-state index in [2.05, 4.69) is 21.6 Å². The van der Waals surface area contributed by atoms with Gasteiger partial charge in [-0.3, -0.25) is 19.7 Å². The molecule has 0 radical (unpaired) electrons. The van der Waals surface area contributed by atoms with Gasteiger partial charge in [-0.2, -0.15) is 0 Å². The number of nitrogens with one attached hydrogen (secondary N) is 2. The summed E-state index contributed by atoms with van der Waals surface area (Å²) in [6, 6.07) is 5.34. The molecule has 3 aliphatic rings. The van der Waals surface area contributed by atoms with E-state index in [1.54, 1.807) is 4.90 Å². The molecule has 1 unspecified atom stereocenters. The third-order valence-corrected chi connectivity index (χ3v) is 8.56. The Morgan fingerprint density at radius 1 is 0.914 bits per heavy atom. The number of carbonyl (C=O) groups is 3. The first-order chi connectivity index (χ1) is 17.1. The summed E-state index contributed by atoms with van der Waals surface area (Å²) >= 11 is 1.82. The van der Waals surface area contributed by atoms with Crippen LogP contribution in [-0.2, 0) is 16.1 Å². The first-order valence-electron chi connectivity index (χ1n) is 13.5. The molecule has 0 bridgehead atoms. The van der Waals surface area contributed by atoms with Crippen molar-refractivity contribution in [2.24, 2.45) is 0 Å². The number of amides is 3.